The van der Waals surface area contributed by atoms with Gasteiger partial charge in [0.15, 0.2) is 0 Å². The van der Waals surface area contributed by atoms with Gasteiger partial charge in [-0.25, -0.2) is 4.79 Å². The van der Waals surface area contributed by atoms with Crippen molar-refractivity contribution in [3.05, 3.63) is 0 Å². The minimum atomic E-state index is -0.882. The second kappa shape index (κ2) is 5.07. The quantitative estimate of drug-likeness (QED) is 0.536. The molecule has 0 heterocycles. The molecule has 2 rings (SSSR count). The fraction of sp³-hybridized carbons (Fsp3) is 0.750. The molecular formula is C12H19N3O4. The Morgan fingerprint density at radius 1 is 1.32 bits per heavy atom. The van der Waals surface area contributed by atoms with E-state index in [1.54, 1.807) is 6.92 Å². The van der Waals surface area contributed by atoms with E-state index in [0.29, 0.717) is 12.8 Å². The molecule has 0 aromatic rings. The number of nitrogens with one attached hydrogen (secondary N) is 3. The molecule has 7 nitrogen and oxygen atoms in total. The first kappa shape index (κ1) is 13.6. The second-order valence-corrected chi connectivity index (χ2v) is 5.42. The molecule has 0 aromatic carbocycles. The third kappa shape index (κ3) is 3.59. The molecule has 106 valence electrons. The summed E-state index contributed by atoms with van der Waals surface area (Å²) >= 11 is 0. The highest BCUT2D eigenvalue weighted by Crippen LogP contribution is 2.45. The van der Waals surface area contributed by atoms with Gasteiger partial charge < -0.3 is 21.1 Å². The number of carbonyl (C=O) groups is 3. The van der Waals surface area contributed by atoms with Gasteiger partial charge in [0, 0.05) is 12.6 Å². The van der Waals surface area contributed by atoms with Gasteiger partial charge in [0.05, 0.1) is 5.41 Å². The number of hydrogen-bond acceptors (Lipinski definition) is 3. The van der Waals surface area contributed by atoms with Crippen molar-refractivity contribution < 1.29 is 19.5 Å². The van der Waals surface area contributed by atoms with E-state index in [0.717, 1.165) is 12.8 Å². The summed E-state index contributed by atoms with van der Waals surface area (Å²) in [6, 6.07) is -0.881. The van der Waals surface area contributed by atoms with Crippen LogP contribution in [0.4, 0.5) is 4.79 Å². The summed E-state index contributed by atoms with van der Waals surface area (Å²) in [5.74, 6) is -1.09. The summed E-state index contributed by atoms with van der Waals surface area (Å²) in [7, 11) is 0. The molecule has 19 heavy (non-hydrogen) atoms. The highest BCUT2D eigenvalue weighted by Gasteiger charge is 2.50. The van der Waals surface area contributed by atoms with Crippen molar-refractivity contribution in [2.24, 2.45) is 5.41 Å². The van der Waals surface area contributed by atoms with E-state index in [4.69, 9.17) is 5.11 Å². The Bertz CT molecular complexity index is 402. The van der Waals surface area contributed by atoms with Gasteiger partial charge in [-0.1, -0.05) is 0 Å². The molecule has 1 atom stereocenters. The Balaban J connectivity index is 1.68. The number of carbonyl (C=O) groups excluding carboxylic acids is 2. The number of carboxylic acid groups (broad SMARTS) is 1. The SMILES string of the molecule is CC(NC(=O)NCC1(C(=O)O)CC1)C(=O)NC1CC1. The van der Waals surface area contributed by atoms with Gasteiger partial charge in [-0.15, -0.1) is 0 Å². The molecule has 0 radical (unpaired) electrons. The molecule has 2 aliphatic carbocycles. The van der Waals surface area contributed by atoms with Crippen LogP contribution in [0.5, 0.6) is 0 Å². The molecule has 1 unspecified atom stereocenters. The van der Waals surface area contributed by atoms with Gasteiger partial charge in [-0.05, 0) is 32.6 Å². The molecule has 4 N–H and O–H groups in total. The minimum Gasteiger partial charge on any atom is -0.481 e. The number of urea groups is 1. The summed E-state index contributed by atoms with van der Waals surface area (Å²) < 4.78 is 0. The van der Waals surface area contributed by atoms with Crippen LogP contribution in [0.2, 0.25) is 0 Å². The first-order valence-corrected chi connectivity index (χ1v) is 6.51. The predicted octanol–water partition coefficient (Wildman–Crippen LogP) is -0.182. The lowest BCUT2D eigenvalue weighted by Crippen LogP contribution is -2.50. The van der Waals surface area contributed by atoms with Gasteiger partial charge in [-0.2, -0.15) is 0 Å². The lowest BCUT2D eigenvalue weighted by molar-refractivity contribution is -0.143. The highest BCUT2D eigenvalue weighted by atomic mass is 16.4. The Morgan fingerprint density at radius 2 is 1.95 bits per heavy atom. The van der Waals surface area contributed by atoms with Crippen molar-refractivity contribution in [3.63, 3.8) is 0 Å². The molecular weight excluding hydrogens is 250 g/mol. The van der Waals surface area contributed by atoms with E-state index >= 15 is 0 Å². The van der Waals surface area contributed by atoms with Crippen molar-refractivity contribution in [2.45, 2.75) is 44.7 Å². The molecule has 0 aromatic heterocycles. The molecule has 0 bridgehead atoms. The maximum absolute atomic E-state index is 11.6. The van der Waals surface area contributed by atoms with E-state index in [1.807, 2.05) is 0 Å². The average molecular weight is 269 g/mol. The molecule has 0 spiro atoms. The van der Waals surface area contributed by atoms with E-state index in [1.165, 1.54) is 0 Å². The summed E-state index contributed by atoms with van der Waals surface area (Å²) in [5.41, 5.74) is -0.795. The first-order chi connectivity index (χ1) is 8.93. The van der Waals surface area contributed by atoms with Crippen LogP contribution in [0.25, 0.3) is 0 Å². The normalized spacial score (nSPS) is 21.1. The Labute approximate surface area is 111 Å². The zero-order valence-electron chi connectivity index (χ0n) is 10.9. The number of amides is 3. The molecule has 0 saturated heterocycles. The van der Waals surface area contributed by atoms with Gasteiger partial charge in [-0.3, -0.25) is 9.59 Å². The van der Waals surface area contributed by atoms with E-state index in [2.05, 4.69) is 16.0 Å². The van der Waals surface area contributed by atoms with Crippen LogP contribution in [-0.4, -0.2) is 41.6 Å². The van der Waals surface area contributed by atoms with Gasteiger partial charge in [0.2, 0.25) is 5.91 Å². The van der Waals surface area contributed by atoms with Crippen molar-refractivity contribution in [3.8, 4) is 0 Å². The minimum absolute atomic E-state index is 0.102. The van der Waals surface area contributed by atoms with Crippen LogP contribution in [0.15, 0.2) is 0 Å². The summed E-state index contributed by atoms with van der Waals surface area (Å²) in [6.45, 7) is 1.70. The third-order valence-corrected chi connectivity index (χ3v) is 3.56. The van der Waals surface area contributed by atoms with Crippen molar-refractivity contribution >= 4 is 17.9 Å². The number of hydrogen-bond donors (Lipinski definition) is 4. The number of aliphatic carboxylic acids is 1. The van der Waals surface area contributed by atoms with Gasteiger partial charge in [0.25, 0.3) is 0 Å². The maximum Gasteiger partial charge on any atom is 0.315 e. The van der Waals surface area contributed by atoms with Crippen LogP contribution in [0.1, 0.15) is 32.6 Å². The van der Waals surface area contributed by atoms with Crippen molar-refractivity contribution in [2.75, 3.05) is 6.54 Å². The Kier molecular flexibility index (Phi) is 3.64. The summed E-state index contributed by atoms with van der Waals surface area (Å²) in [5, 5.41) is 16.8. The molecule has 2 aliphatic rings. The highest BCUT2D eigenvalue weighted by molar-refractivity contribution is 5.87. The van der Waals surface area contributed by atoms with E-state index in [9.17, 15) is 14.4 Å². The monoisotopic (exact) mass is 269 g/mol. The van der Waals surface area contributed by atoms with Gasteiger partial charge in [0.1, 0.15) is 6.04 Å². The van der Waals surface area contributed by atoms with Crippen LogP contribution in [0, 0.1) is 5.41 Å². The lowest BCUT2D eigenvalue weighted by Gasteiger charge is -2.16. The largest absolute Gasteiger partial charge is 0.481 e. The molecule has 7 heteroatoms. The fourth-order valence-electron chi connectivity index (χ4n) is 1.73. The van der Waals surface area contributed by atoms with Crippen molar-refractivity contribution in [1.29, 1.82) is 0 Å². The molecule has 2 fully saturated rings. The van der Waals surface area contributed by atoms with Gasteiger partial charge >= 0.3 is 12.0 Å². The van der Waals surface area contributed by atoms with Crippen LogP contribution >= 0.6 is 0 Å². The number of carboxylic acids is 1. The zero-order valence-corrected chi connectivity index (χ0v) is 10.9. The average Bonchev–Trinajstić information content (AvgIpc) is 3.21. The summed E-state index contributed by atoms with van der Waals surface area (Å²) in [4.78, 5) is 34.1. The molecule has 2 saturated carbocycles. The smallest absolute Gasteiger partial charge is 0.315 e. The van der Waals surface area contributed by atoms with Crippen LogP contribution in [0.3, 0.4) is 0 Å². The molecule has 0 aliphatic heterocycles. The Hall–Kier alpha value is -1.79. The van der Waals surface area contributed by atoms with Crippen molar-refractivity contribution in [1.82, 2.24) is 16.0 Å². The third-order valence-electron chi connectivity index (χ3n) is 3.56. The summed E-state index contributed by atoms with van der Waals surface area (Å²) in [6.07, 6.45) is 3.15. The first-order valence-electron chi connectivity index (χ1n) is 6.51. The molecule has 3 amide bonds. The maximum atomic E-state index is 11.6. The van der Waals surface area contributed by atoms with E-state index in [-0.39, 0.29) is 18.5 Å². The second-order valence-electron chi connectivity index (χ2n) is 5.42. The zero-order chi connectivity index (χ0) is 14.0. The van der Waals surface area contributed by atoms with Crippen LogP contribution in [-0.2, 0) is 9.59 Å². The fourth-order valence-corrected chi connectivity index (χ4v) is 1.73. The van der Waals surface area contributed by atoms with Crippen LogP contribution < -0.4 is 16.0 Å². The Morgan fingerprint density at radius 3 is 2.42 bits per heavy atom. The topological polar surface area (TPSA) is 108 Å². The number of rotatable bonds is 6. The predicted molar refractivity (Wildman–Crippen MR) is 66.5 cm³/mol. The van der Waals surface area contributed by atoms with E-state index < -0.39 is 23.5 Å². The lowest BCUT2D eigenvalue weighted by atomic mass is 10.1. The standard InChI is InChI=1S/C12H19N3O4/c1-7(9(16)15-8-2-3-8)14-11(19)13-6-12(4-5-12)10(17)18/h7-8H,2-6H2,1H3,(H,15,16)(H,17,18)(H2,13,14,19).